The van der Waals surface area contributed by atoms with E-state index >= 15 is 0 Å². The van der Waals surface area contributed by atoms with Gasteiger partial charge in [0.1, 0.15) is 0 Å². The molecule has 0 aliphatic heterocycles. The van der Waals surface area contributed by atoms with Crippen LogP contribution in [0.25, 0.3) is 88.2 Å². The Hall–Kier alpha value is -6.38. The van der Waals surface area contributed by atoms with Crippen molar-refractivity contribution >= 4 is 32.3 Å². The van der Waals surface area contributed by atoms with Crippen LogP contribution in [0, 0.1) is 0 Å². The summed E-state index contributed by atoms with van der Waals surface area (Å²) in [5.74, 6) is 0. The Morgan fingerprint density at radius 2 is 0.792 bits per heavy atom. The first-order valence-electron chi connectivity index (χ1n) is 16.3. The van der Waals surface area contributed by atoms with Crippen LogP contribution in [0.4, 0.5) is 0 Å². The average Bonchev–Trinajstić information content (AvgIpc) is 3.17. The number of hydrogen-bond acceptors (Lipinski definition) is 2. The van der Waals surface area contributed by atoms with Gasteiger partial charge in [-0.1, -0.05) is 127 Å². The SMILES string of the molecule is c1ccc(-c2cccc(-c3c4ccccc4c(-c4cccc(-c5ccccn5)c4)c4cc(-c5cccc6ccccc56)ccc34)c2)nc1. The molecule has 0 atom stereocenters. The molecule has 0 amide bonds. The average molecular weight is 611 g/mol. The van der Waals surface area contributed by atoms with E-state index in [1.54, 1.807) is 0 Å². The molecule has 7 aromatic carbocycles. The number of fused-ring (bicyclic) bond motifs is 3. The van der Waals surface area contributed by atoms with E-state index in [2.05, 4.69) is 156 Å². The molecule has 9 rings (SSSR count). The van der Waals surface area contributed by atoms with Gasteiger partial charge in [-0.25, -0.2) is 0 Å². The number of rotatable bonds is 5. The molecule has 0 fully saturated rings. The van der Waals surface area contributed by atoms with Crippen LogP contribution in [0.5, 0.6) is 0 Å². The van der Waals surface area contributed by atoms with Crippen LogP contribution in [0.1, 0.15) is 0 Å². The van der Waals surface area contributed by atoms with Gasteiger partial charge < -0.3 is 0 Å². The smallest absolute Gasteiger partial charge is 0.0702 e. The number of hydrogen-bond donors (Lipinski definition) is 0. The molecule has 0 radical (unpaired) electrons. The van der Waals surface area contributed by atoms with Gasteiger partial charge in [-0.05, 0) is 108 Å². The third kappa shape index (κ3) is 4.83. The van der Waals surface area contributed by atoms with E-state index in [0.29, 0.717) is 0 Å². The zero-order valence-corrected chi connectivity index (χ0v) is 26.2. The molecule has 0 saturated heterocycles. The highest BCUT2D eigenvalue weighted by molar-refractivity contribution is 6.22. The third-order valence-electron chi connectivity index (χ3n) is 9.35. The fourth-order valence-corrected chi connectivity index (χ4v) is 7.18. The molecule has 2 heterocycles. The zero-order chi connectivity index (χ0) is 31.9. The number of nitrogens with zero attached hydrogens (tertiary/aromatic N) is 2. The van der Waals surface area contributed by atoms with Crippen LogP contribution in [-0.2, 0) is 0 Å². The topological polar surface area (TPSA) is 25.8 Å². The van der Waals surface area contributed by atoms with E-state index in [9.17, 15) is 0 Å². The van der Waals surface area contributed by atoms with Crippen LogP contribution >= 0.6 is 0 Å². The molecule has 0 saturated carbocycles. The Balaban J connectivity index is 1.37. The molecule has 0 N–H and O–H groups in total. The molecule has 2 nitrogen and oxygen atoms in total. The Kier molecular flexibility index (Phi) is 6.84. The Morgan fingerprint density at radius 1 is 0.292 bits per heavy atom. The maximum atomic E-state index is 4.67. The minimum atomic E-state index is 0.965. The van der Waals surface area contributed by atoms with E-state index < -0.39 is 0 Å². The van der Waals surface area contributed by atoms with Gasteiger partial charge in [-0.15, -0.1) is 0 Å². The van der Waals surface area contributed by atoms with Crippen LogP contribution in [0.3, 0.4) is 0 Å². The minimum absolute atomic E-state index is 0.965. The van der Waals surface area contributed by atoms with E-state index in [1.807, 2.05) is 36.7 Å². The minimum Gasteiger partial charge on any atom is -0.256 e. The molecule has 9 aromatic rings. The highest BCUT2D eigenvalue weighted by atomic mass is 14.7. The first kappa shape index (κ1) is 27.9. The van der Waals surface area contributed by atoms with Crippen LogP contribution in [0.2, 0.25) is 0 Å². The van der Waals surface area contributed by atoms with Crippen molar-refractivity contribution in [1.29, 1.82) is 0 Å². The van der Waals surface area contributed by atoms with Gasteiger partial charge in [-0.2, -0.15) is 0 Å². The van der Waals surface area contributed by atoms with E-state index in [1.165, 1.54) is 65.7 Å². The molecular weight excluding hydrogens is 581 g/mol. The van der Waals surface area contributed by atoms with Gasteiger partial charge in [0, 0.05) is 23.5 Å². The van der Waals surface area contributed by atoms with Crippen molar-refractivity contribution in [3.05, 3.63) is 182 Å². The van der Waals surface area contributed by atoms with Crippen molar-refractivity contribution in [3.8, 4) is 55.9 Å². The molecule has 224 valence electrons. The highest BCUT2D eigenvalue weighted by Crippen LogP contribution is 2.46. The second-order valence-electron chi connectivity index (χ2n) is 12.2. The van der Waals surface area contributed by atoms with Crippen molar-refractivity contribution in [2.45, 2.75) is 0 Å². The summed E-state index contributed by atoms with van der Waals surface area (Å²) in [6.45, 7) is 0. The predicted octanol–water partition coefficient (Wildman–Crippen LogP) is 12.3. The summed E-state index contributed by atoms with van der Waals surface area (Å²) in [5.41, 5.74) is 11.4. The molecule has 0 spiro atoms. The summed E-state index contributed by atoms with van der Waals surface area (Å²) in [7, 11) is 0. The van der Waals surface area contributed by atoms with Gasteiger partial charge in [-0.3, -0.25) is 9.97 Å². The van der Waals surface area contributed by atoms with Gasteiger partial charge in [0.2, 0.25) is 0 Å². The maximum Gasteiger partial charge on any atom is 0.0702 e. The summed E-state index contributed by atoms with van der Waals surface area (Å²) in [4.78, 5) is 9.33. The van der Waals surface area contributed by atoms with E-state index in [0.717, 1.165) is 22.5 Å². The molecular formula is C46H30N2. The first-order chi connectivity index (χ1) is 23.8. The summed E-state index contributed by atoms with van der Waals surface area (Å²) in [6.07, 6.45) is 3.71. The molecule has 2 heteroatoms. The first-order valence-corrected chi connectivity index (χ1v) is 16.3. The van der Waals surface area contributed by atoms with Gasteiger partial charge >= 0.3 is 0 Å². The van der Waals surface area contributed by atoms with Crippen molar-refractivity contribution < 1.29 is 0 Å². The number of pyridine rings is 2. The van der Waals surface area contributed by atoms with Gasteiger partial charge in [0.25, 0.3) is 0 Å². The normalized spacial score (nSPS) is 11.3. The second kappa shape index (κ2) is 11.8. The van der Waals surface area contributed by atoms with Crippen molar-refractivity contribution in [2.24, 2.45) is 0 Å². The standard InChI is InChI=1S/C46H30N2/c1-2-18-37-31(12-1)13-11-21-38(37)32-24-25-41-42(30-32)46(36-17-10-15-34(29-36)44-23-6-8-27-48-44)40-20-4-3-19-39(40)45(41)35-16-9-14-33(28-35)43-22-5-7-26-47-43/h1-30H. The number of aromatic nitrogens is 2. The lowest BCUT2D eigenvalue weighted by atomic mass is 9.84. The Labute approximate surface area is 279 Å². The summed E-state index contributed by atoms with van der Waals surface area (Å²) < 4.78 is 0. The molecule has 0 aliphatic rings. The lowest BCUT2D eigenvalue weighted by molar-refractivity contribution is 1.33. The molecule has 0 unspecified atom stereocenters. The van der Waals surface area contributed by atoms with E-state index in [4.69, 9.17) is 0 Å². The lowest BCUT2D eigenvalue weighted by Crippen LogP contribution is -1.93. The monoisotopic (exact) mass is 610 g/mol. The Morgan fingerprint density at radius 3 is 1.42 bits per heavy atom. The highest BCUT2D eigenvalue weighted by Gasteiger charge is 2.19. The summed E-state index contributed by atoms with van der Waals surface area (Å²) in [6, 6.07) is 60.9. The largest absolute Gasteiger partial charge is 0.256 e. The lowest BCUT2D eigenvalue weighted by Gasteiger charge is -2.20. The zero-order valence-electron chi connectivity index (χ0n) is 26.2. The van der Waals surface area contributed by atoms with Crippen molar-refractivity contribution in [2.75, 3.05) is 0 Å². The molecule has 0 aliphatic carbocycles. The molecule has 2 aromatic heterocycles. The van der Waals surface area contributed by atoms with E-state index in [-0.39, 0.29) is 0 Å². The van der Waals surface area contributed by atoms with Crippen molar-refractivity contribution in [1.82, 2.24) is 9.97 Å². The van der Waals surface area contributed by atoms with Crippen LogP contribution in [-0.4, -0.2) is 9.97 Å². The Bertz CT molecular complexity index is 2600. The van der Waals surface area contributed by atoms with Gasteiger partial charge in [0.05, 0.1) is 11.4 Å². The molecule has 48 heavy (non-hydrogen) atoms. The number of benzene rings is 7. The maximum absolute atomic E-state index is 4.67. The quantitative estimate of drug-likeness (QED) is 0.181. The fraction of sp³-hybridized carbons (Fsp3) is 0. The summed E-state index contributed by atoms with van der Waals surface area (Å²) >= 11 is 0. The van der Waals surface area contributed by atoms with Crippen LogP contribution in [0.15, 0.2) is 182 Å². The second-order valence-corrected chi connectivity index (χ2v) is 12.2. The summed E-state index contributed by atoms with van der Waals surface area (Å²) in [5, 5.41) is 7.37. The van der Waals surface area contributed by atoms with Gasteiger partial charge in [0.15, 0.2) is 0 Å². The third-order valence-corrected chi connectivity index (χ3v) is 9.35. The predicted molar refractivity (Wildman–Crippen MR) is 202 cm³/mol. The fourth-order valence-electron chi connectivity index (χ4n) is 7.18. The molecule has 0 bridgehead atoms. The van der Waals surface area contributed by atoms with Crippen LogP contribution < -0.4 is 0 Å². The van der Waals surface area contributed by atoms with Crippen molar-refractivity contribution in [3.63, 3.8) is 0 Å².